The molecule has 4 aromatic rings. The third-order valence-corrected chi connectivity index (χ3v) is 18.0. The summed E-state index contributed by atoms with van der Waals surface area (Å²) < 4.78 is 0. The molecule has 0 N–H and O–H groups in total. The van der Waals surface area contributed by atoms with Crippen LogP contribution in [0.25, 0.3) is 0 Å². The standard InChI is InChI=1S/C47H66N2O4.C29H30N2O4/c1-12-37-24-35(25-38(13-2)45(37)48-42(50)16-17-43(48)51)23-36-26-39(14-3)46(40(15-4)27-36)49-44(52)28-41(47(49)53)34(11)22-33(10)21-32(9)20-31(8)19-30(7)18-29(5)6;1-5-20-14-18(15-21(6-2)28(20)30-24(32)9-10-25(30)33)13-19-16-22(7-3)29(23(8-4)17-19)31-26(34)11-12-27(31)35/h16-17,22,24-27,29-33,41H,12-15,18-21,23,28H2,1-11H3;9-12,14-17H,5-8,13H2,1-4H3/b34-22+;. The Morgan fingerprint density at radius 3 is 0.898 bits per heavy atom. The fourth-order valence-electron chi connectivity index (χ4n) is 14.3. The van der Waals surface area contributed by atoms with E-state index in [4.69, 9.17) is 0 Å². The highest BCUT2D eigenvalue weighted by atomic mass is 16.2. The van der Waals surface area contributed by atoms with Gasteiger partial charge in [0.1, 0.15) is 0 Å². The Morgan fingerprint density at radius 2 is 0.636 bits per heavy atom. The molecule has 1 saturated heterocycles. The summed E-state index contributed by atoms with van der Waals surface area (Å²) in [6.45, 7) is 32.4. The molecule has 4 aromatic carbocycles. The molecule has 0 bridgehead atoms. The average Bonchev–Trinajstić information content (AvgIpc) is 2.66. The van der Waals surface area contributed by atoms with Crippen molar-refractivity contribution < 1.29 is 38.4 Å². The second kappa shape index (κ2) is 30.1. The third-order valence-electron chi connectivity index (χ3n) is 18.0. The molecule has 0 saturated carbocycles. The van der Waals surface area contributed by atoms with Gasteiger partial charge in [0.05, 0.1) is 28.7 Å². The van der Waals surface area contributed by atoms with Gasteiger partial charge >= 0.3 is 0 Å². The lowest BCUT2D eigenvalue weighted by atomic mass is 9.83. The van der Waals surface area contributed by atoms with E-state index in [0.29, 0.717) is 99.0 Å². The van der Waals surface area contributed by atoms with Crippen molar-refractivity contribution >= 4 is 70.0 Å². The van der Waals surface area contributed by atoms with Gasteiger partial charge < -0.3 is 0 Å². The van der Waals surface area contributed by atoms with Crippen LogP contribution in [-0.4, -0.2) is 47.3 Å². The zero-order chi connectivity index (χ0) is 64.4. The summed E-state index contributed by atoms with van der Waals surface area (Å²) in [6, 6.07) is 16.9. The Balaban J connectivity index is 0.000000272. The molecule has 4 aliphatic rings. The molecule has 468 valence electrons. The van der Waals surface area contributed by atoms with E-state index >= 15 is 0 Å². The molecule has 8 amide bonds. The van der Waals surface area contributed by atoms with Crippen molar-refractivity contribution in [3.8, 4) is 0 Å². The van der Waals surface area contributed by atoms with Crippen LogP contribution in [0.4, 0.5) is 22.7 Å². The lowest BCUT2D eigenvalue weighted by molar-refractivity contribution is -0.123. The van der Waals surface area contributed by atoms with E-state index in [-0.39, 0.29) is 53.7 Å². The molecule has 1 fully saturated rings. The van der Waals surface area contributed by atoms with Gasteiger partial charge in [-0.2, -0.15) is 0 Å². The highest BCUT2D eigenvalue weighted by molar-refractivity contribution is 6.30. The highest BCUT2D eigenvalue weighted by Gasteiger charge is 2.42. The Kier molecular flexibility index (Phi) is 23.2. The lowest BCUT2D eigenvalue weighted by Crippen LogP contribution is -2.32. The molecule has 12 nitrogen and oxygen atoms in total. The Bertz CT molecular complexity index is 3230. The van der Waals surface area contributed by atoms with E-state index in [2.05, 4.69) is 110 Å². The predicted molar refractivity (Wildman–Crippen MR) is 356 cm³/mol. The molecule has 0 aliphatic carbocycles. The normalized spacial score (nSPS) is 17.5. The van der Waals surface area contributed by atoms with Crippen LogP contribution in [0.2, 0.25) is 0 Å². The van der Waals surface area contributed by atoms with Gasteiger partial charge in [0.2, 0.25) is 11.8 Å². The van der Waals surface area contributed by atoms with Crippen molar-refractivity contribution in [1.29, 1.82) is 0 Å². The number of nitrogens with zero attached hydrogens (tertiary/aromatic N) is 4. The van der Waals surface area contributed by atoms with Crippen LogP contribution in [0.5, 0.6) is 0 Å². The minimum absolute atomic E-state index is 0.106. The number of hydrogen-bond donors (Lipinski definition) is 0. The summed E-state index contributed by atoms with van der Waals surface area (Å²) in [5.74, 6) is 0.676. The van der Waals surface area contributed by atoms with Crippen molar-refractivity contribution in [2.45, 2.75) is 200 Å². The van der Waals surface area contributed by atoms with Gasteiger partial charge in [0.15, 0.2) is 0 Å². The van der Waals surface area contributed by atoms with Crippen LogP contribution >= 0.6 is 0 Å². The largest absolute Gasteiger partial charge is 0.274 e. The van der Waals surface area contributed by atoms with E-state index in [1.54, 1.807) is 0 Å². The number of benzene rings is 4. The molecule has 5 atom stereocenters. The third kappa shape index (κ3) is 15.3. The highest BCUT2D eigenvalue weighted by Crippen LogP contribution is 2.40. The van der Waals surface area contributed by atoms with Gasteiger partial charge in [-0.1, -0.05) is 157 Å². The fraction of sp³-hybridized carbons (Fsp3) is 0.474. The van der Waals surface area contributed by atoms with E-state index in [0.717, 1.165) is 96.3 Å². The van der Waals surface area contributed by atoms with E-state index in [1.165, 1.54) is 75.3 Å². The predicted octanol–water partition coefficient (Wildman–Crippen LogP) is 14.9. The summed E-state index contributed by atoms with van der Waals surface area (Å²) >= 11 is 0. The monoisotopic (exact) mass is 1190 g/mol. The molecular weight excluding hydrogens is 1100 g/mol. The zero-order valence-corrected chi connectivity index (χ0v) is 55.3. The molecule has 0 radical (unpaired) electrons. The molecule has 5 unspecified atom stereocenters. The lowest BCUT2D eigenvalue weighted by Gasteiger charge is -2.25. The molecule has 4 aliphatic heterocycles. The first-order chi connectivity index (χ1) is 41.9. The summed E-state index contributed by atoms with van der Waals surface area (Å²) in [5.41, 5.74) is 16.1. The second-order valence-corrected chi connectivity index (χ2v) is 25.6. The first kappa shape index (κ1) is 67.9. The number of rotatable bonds is 26. The van der Waals surface area contributed by atoms with Crippen molar-refractivity contribution in [3.63, 3.8) is 0 Å². The Morgan fingerprint density at radius 1 is 0.386 bits per heavy atom. The summed E-state index contributed by atoms with van der Waals surface area (Å²) in [6.07, 6.45) is 22.2. The molecule has 4 heterocycles. The number of amides is 8. The molecular formula is C76H96N4O8. The maximum Gasteiger partial charge on any atom is 0.258 e. The van der Waals surface area contributed by atoms with Crippen molar-refractivity contribution in [1.82, 2.24) is 0 Å². The van der Waals surface area contributed by atoms with Crippen LogP contribution in [0.1, 0.15) is 203 Å². The maximum absolute atomic E-state index is 14.1. The van der Waals surface area contributed by atoms with Crippen LogP contribution in [0, 0.1) is 35.5 Å². The smallest absolute Gasteiger partial charge is 0.258 e. The number of aryl methyl sites for hydroxylation is 8. The second-order valence-electron chi connectivity index (χ2n) is 25.6. The quantitative estimate of drug-likeness (QED) is 0.0445. The molecule has 0 spiro atoms. The number of allylic oxidation sites excluding steroid dienone is 1. The van der Waals surface area contributed by atoms with E-state index in [9.17, 15) is 38.4 Å². The molecule has 12 heteroatoms. The fourth-order valence-corrected chi connectivity index (χ4v) is 14.3. The Labute approximate surface area is 524 Å². The summed E-state index contributed by atoms with van der Waals surface area (Å²) in [7, 11) is 0. The number of imide groups is 4. The van der Waals surface area contributed by atoms with Crippen molar-refractivity contribution in [2.75, 3.05) is 19.6 Å². The number of anilines is 4. The van der Waals surface area contributed by atoms with Gasteiger partial charge in [-0.3, -0.25) is 38.4 Å². The van der Waals surface area contributed by atoms with Crippen molar-refractivity contribution in [2.24, 2.45) is 35.5 Å². The average molecular weight is 1190 g/mol. The number of hydrogen-bond acceptors (Lipinski definition) is 8. The van der Waals surface area contributed by atoms with Gasteiger partial charge in [0.25, 0.3) is 35.4 Å². The van der Waals surface area contributed by atoms with Gasteiger partial charge in [-0.05, 0) is 193 Å². The summed E-state index contributed by atoms with van der Waals surface area (Å²) in [5, 5.41) is 0. The SMILES string of the molecule is CCc1cc(Cc2cc(CC)c(N3C(=O)C=CC3=O)c(CC)c2)cc(CC)c1N1C(=O)C=CC1=O.CCc1cc(Cc2cc(CC)c(N3C(=O)CC(/C(C)=C/C(C)CC(C)CC(C)CC(C)CC(C)C)C3=O)c(CC)c2)cc(CC)c1N1C(=O)C=CC1=O. The van der Waals surface area contributed by atoms with Crippen LogP contribution < -0.4 is 19.6 Å². The number of carbonyl (C=O) groups excluding carboxylic acids is 8. The van der Waals surface area contributed by atoms with Gasteiger partial charge in [0, 0.05) is 42.9 Å². The first-order valence-electron chi connectivity index (χ1n) is 32.8. The van der Waals surface area contributed by atoms with Gasteiger partial charge in [-0.15, -0.1) is 0 Å². The minimum Gasteiger partial charge on any atom is -0.274 e. The maximum atomic E-state index is 14.1. The van der Waals surface area contributed by atoms with Gasteiger partial charge in [-0.25, -0.2) is 19.6 Å². The van der Waals surface area contributed by atoms with Crippen LogP contribution in [-0.2, 0) is 103 Å². The molecule has 88 heavy (non-hydrogen) atoms. The van der Waals surface area contributed by atoms with E-state index in [1.807, 2.05) is 48.5 Å². The van der Waals surface area contributed by atoms with Crippen LogP contribution in [0.15, 0.2) is 96.6 Å². The zero-order valence-electron chi connectivity index (χ0n) is 55.3. The molecule has 0 aromatic heterocycles. The number of carbonyl (C=O) groups is 8. The minimum atomic E-state index is -0.423. The van der Waals surface area contributed by atoms with Crippen molar-refractivity contribution in [3.05, 3.63) is 163 Å². The first-order valence-corrected chi connectivity index (χ1v) is 32.8. The Hall–Kier alpha value is -7.60. The molecule has 8 rings (SSSR count). The van der Waals surface area contributed by atoms with E-state index < -0.39 is 5.92 Å². The summed E-state index contributed by atoms with van der Waals surface area (Å²) in [4.78, 5) is 108. The van der Waals surface area contributed by atoms with Crippen LogP contribution in [0.3, 0.4) is 0 Å². The topological polar surface area (TPSA) is 150 Å².